The van der Waals surface area contributed by atoms with Crippen LogP contribution in [0.15, 0.2) is 12.3 Å². The van der Waals surface area contributed by atoms with E-state index in [2.05, 4.69) is 9.72 Å². The number of hydrogen-bond donors (Lipinski definition) is 1. The van der Waals surface area contributed by atoms with Gasteiger partial charge in [0.2, 0.25) is 0 Å². The van der Waals surface area contributed by atoms with Gasteiger partial charge in [-0.3, -0.25) is 4.79 Å². The van der Waals surface area contributed by atoms with E-state index in [9.17, 15) is 14.7 Å². The summed E-state index contributed by atoms with van der Waals surface area (Å²) in [5.41, 5.74) is 0.134. The number of amides is 1. The fourth-order valence-corrected chi connectivity index (χ4v) is 2.47. The van der Waals surface area contributed by atoms with Crippen LogP contribution in [0.25, 0.3) is 0 Å². The van der Waals surface area contributed by atoms with Crippen molar-refractivity contribution in [1.82, 2.24) is 9.88 Å². The predicted molar refractivity (Wildman–Crippen MR) is 71.7 cm³/mol. The topological polar surface area (TPSA) is 79.7 Å². The fraction of sp³-hybridized carbons (Fsp3) is 0.417. The van der Waals surface area contributed by atoms with Gasteiger partial charge in [0.15, 0.2) is 0 Å². The number of aliphatic hydroxyl groups is 1. The first-order valence-electron chi connectivity index (χ1n) is 5.82. The Morgan fingerprint density at radius 2 is 2.20 bits per heavy atom. The molecule has 2 heterocycles. The van der Waals surface area contributed by atoms with E-state index >= 15 is 0 Å². The molecular weight excluding hydrogens is 307 g/mol. The number of pyridine rings is 1. The van der Waals surface area contributed by atoms with Crippen molar-refractivity contribution in [1.29, 1.82) is 0 Å². The summed E-state index contributed by atoms with van der Waals surface area (Å²) in [6.45, 7) is 0.0366. The molecule has 2 rings (SSSR count). The molecule has 1 aliphatic heterocycles. The molecular formula is C12H12Cl2N2O4. The average molecular weight is 319 g/mol. The first kappa shape index (κ1) is 15.0. The van der Waals surface area contributed by atoms with Gasteiger partial charge in [-0.1, -0.05) is 23.2 Å². The molecule has 1 N–H and O–H groups in total. The molecule has 8 heteroatoms. The number of halogens is 2. The molecule has 0 spiro atoms. The lowest BCUT2D eigenvalue weighted by molar-refractivity contribution is -0.145. The van der Waals surface area contributed by atoms with E-state index in [0.717, 1.165) is 0 Å². The Morgan fingerprint density at radius 3 is 2.85 bits per heavy atom. The van der Waals surface area contributed by atoms with Gasteiger partial charge < -0.3 is 14.7 Å². The zero-order chi connectivity index (χ0) is 14.9. The van der Waals surface area contributed by atoms with Crippen LogP contribution in [0.2, 0.25) is 10.2 Å². The molecule has 6 nitrogen and oxygen atoms in total. The van der Waals surface area contributed by atoms with E-state index in [0.29, 0.717) is 0 Å². The Balaban J connectivity index is 2.31. The Bertz CT molecular complexity index is 552. The van der Waals surface area contributed by atoms with E-state index < -0.39 is 24.0 Å². The third kappa shape index (κ3) is 2.87. The average Bonchev–Trinajstić information content (AvgIpc) is 2.82. The number of likely N-dealkylation sites (tertiary alicyclic amines) is 1. The third-order valence-electron chi connectivity index (χ3n) is 3.07. The van der Waals surface area contributed by atoms with Crippen molar-refractivity contribution < 1.29 is 19.4 Å². The van der Waals surface area contributed by atoms with Crippen LogP contribution < -0.4 is 0 Å². The van der Waals surface area contributed by atoms with Gasteiger partial charge in [-0.05, 0) is 6.07 Å². The molecule has 0 aromatic carbocycles. The van der Waals surface area contributed by atoms with Crippen molar-refractivity contribution in [2.24, 2.45) is 0 Å². The molecule has 0 bridgehead atoms. The predicted octanol–water partition coefficient (Wildman–Crippen LogP) is 1.14. The van der Waals surface area contributed by atoms with Gasteiger partial charge in [-0.15, -0.1) is 0 Å². The molecule has 0 aliphatic carbocycles. The summed E-state index contributed by atoms with van der Waals surface area (Å²) in [6.07, 6.45) is 0.616. The fourth-order valence-electron chi connectivity index (χ4n) is 2.13. The largest absolute Gasteiger partial charge is 0.467 e. The molecule has 1 saturated heterocycles. The number of esters is 1. The number of nitrogens with zero attached hydrogens (tertiary/aromatic N) is 2. The van der Waals surface area contributed by atoms with Gasteiger partial charge in [0.05, 0.1) is 23.8 Å². The number of ether oxygens (including phenoxy) is 1. The van der Waals surface area contributed by atoms with Gasteiger partial charge in [0, 0.05) is 19.2 Å². The summed E-state index contributed by atoms with van der Waals surface area (Å²) >= 11 is 11.7. The van der Waals surface area contributed by atoms with Crippen LogP contribution in [0.1, 0.15) is 16.8 Å². The Kier molecular flexibility index (Phi) is 4.47. The van der Waals surface area contributed by atoms with Crippen molar-refractivity contribution in [2.45, 2.75) is 18.6 Å². The molecule has 1 aromatic rings. The summed E-state index contributed by atoms with van der Waals surface area (Å²) < 4.78 is 4.64. The molecule has 1 fully saturated rings. The molecule has 2 unspecified atom stereocenters. The Hall–Kier alpha value is -1.37. The van der Waals surface area contributed by atoms with Crippen molar-refractivity contribution >= 4 is 35.1 Å². The number of carbonyl (C=O) groups excluding carboxylic acids is 2. The minimum atomic E-state index is -0.828. The lowest BCUT2D eigenvalue weighted by Gasteiger charge is -2.22. The van der Waals surface area contributed by atoms with Crippen LogP contribution in [-0.4, -0.2) is 52.7 Å². The Labute approximate surface area is 125 Å². The minimum absolute atomic E-state index is 0.0366. The van der Waals surface area contributed by atoms with Crippen LogP contribution in [-0.2, 0) is 9.53 Å². The van der Waals surface area contributed by atoms with Crippen LogP contribution in [0.3, 0.4) is 0 Å². The molecule has 2 atom stereocenters. The summed E-state index contributed by atoms with van der Waals surface area (Å²) in [7, 11) is 1.23. The number of β-amino-alcohol motifs (C(OH)–C–C–N with tert-alkyl or cyclic N) is 1. The minimum Gasteiger partial charge on any atom is -0.467 e. The van der Waals surface area contributed by atoms with Gasteiger partial charge in [0.1, 0.15) is 11.2 Å². The quantitative estimate of drug-likeness (QED) is 0.653. The van der Waals surface area contributed by atoms with E-state index in [1.807, 2.05) is 0 Å². The highest BCUT2D eigenvalue weighted by molar-refractivity contribution is 6.35. The molecule has 0 saturated carbocycles. The zero-order valence-electron chi connectivity index (χ0n) is 10.5. The van der Waals surface area contributed by atoms with Crippen LogP contribution in [0.5, 0.6) is 0 Å². The van der Waals surface area contributed by atoms with Crippen molar-refractivity contribution in [3.8, 4) is 0 Å². The highest BCUT2D eigenvalue weighted by Gasteiger charge is 2.40. The van der Waals surface area contributed by atoms with Crippen molar-refractivity contribution in [3.63, 3.8) is 0 Å². The second kappa shape index (κ2) is 5.95. The second-order valence-electron chi connectivity index (χ2n) is 4.37. The lowest BCUT2D eigenvalue weighted by Crippen LogP contribution is -2.41. The van der Waals surface area contributed by atoms with Gasteiger partial charge in [0.25, 0.3) is 5.91 Å². The van der Waals surface area contributed by atoms with Crippen LogP contribution in [0.4, 0.5) is 0 Å². The maximum absolute atomic E-state index is 12.4. The highest BCUT2D eigenvalue weighted by atomic mass is 35.5. The van der Waals surface area contributed by atoms with Crippen molar-refractivity contribution in [3.05, 3.63) is 28.0 Å². The second-order valence-corrected chi connectivity index (χ2v) is 5.17. The number of methoxy groups -OCH3 is 1. The third-order valence-corrected chi connectivity index (χ3v) is 3.57. The summed E-state index contributed by atoms with van der Waals surface area (Å²) in [5, 5.41) is 9.91. The molecule has 1 amide bonds. The summed E-state index contributed by atoms with van der Waals surface area (Å²) in [6, 6.07) is 0.496. The number of carbonyl (C=O) groups is 2. The monoisotopic (exact) mass is 318 g/mol. The lowest BCUT2D eigenvalue weighted by atomic mass is 10.2. The maximum Gasteiger partial charge on any atom is 0.328 e. The van der Waals surface area contributed by atoms with Crippen molar-refractivity contribution in [2.75, 3.05) is 13.7 Å². The van der Waals surface area contributed by atoms with Crippen LogP contribution >= 0.6 is 23.2 Å². The number of aromatic nitrogens is 1. The van der Waals surface area contributed by atoms with E-state index in [1.54, 1.807) is 0 Å². The molecule has 1 aromatic heterocycles. The van der Waals surface area contributed by atoms with Crippen LogP contribution in [0, 0.1) is 0 Å². The SMILES string of the molecule is COC(=O)C1CC(O)CN1C(=O)c1cc(Cl)ncc1Cl. The maximum atomic E-state index is 12.4. The normalized spacial score (nSPS) is 21.9. The smallest absolute Gasteiger partial charge is 0.328 e. The molecule has 1 aliphatic rings. The van der Waals surface area contributed by atoms with Gasteiger partial charge in [-0.2, -0.15) is 0 Å². The standard InChI is InChI=1S/C12H12Cl2N2O4/c1-20-12(19)9-2-6(17)5-16(9)11(18)7-3-10(14)15-4-8(7)13/h3-4,6,9,17H,2,5H2,1H3. The number of aliphatic hydroxyl groups excluding tert-OH is 1. The molecule has 108 valence electrons. The van der Waals surface area contributed by atoms with E-state index in [1.165, 1.54) is 24.3 Å². The first-order chi connectivity index (χ1) is 9.43. The zero-order valence-corrected chi connectivity index (χ0v) is 12.1. The van der Waals surface area contributed by atoms with E-state index in [-0.39, 0.29) is 28.7 Å². The van der Waals surface area contributed by atoms with Gasteiger partial charge >= 0.3 is 5.97 Å². The molecule has 20 heavy (non-hydrogen) atoms. The molecule has 0 radical (unpaired) electrons. The summed E-state index contributed by atoms with van der Waals surface area (Å²) in [4.78, 5) is 29.1. The Morgan fingerprint density at radius 1 is 1.50 bits per heavy atom. The number of rotatable bonds is 2. The van der Waals surface area contributed by atoms with Gasteiger partial charge in [-0.25, -0.2) is 9.78 Å². The highest BCUT2D eigenvalue weighted by Crippen LogP contribution is 2.25. The number of hydrogen-bond acceptors (Lipinski definition) is 5. The first-order valence-corrected chi connectivity index (χ1v) is 6.57. The van der Waals surface area contributed by atoms with E-state index in [4.69, 9.17) is 23.2 Å². The summed E-state index contributed by atoms with van der Waals surface area (Å²) in [5.74, 6) is -1.07.